The Morgan fingerprint density at radius 1 is 0.870 bits per heavy atom. The molecule has 0 atom stereocenters. The van der Waals surface area contributed by atoms with Crippen LogP contribution in [0.5, 0.6) is 0 Å². The molecule has 0 aliphatic heterocycles. The maximum absolute atomic E-state index is 12.8. The predicted molar refractivity (Wildman–Crippen MR) is 90.2 cm³/mol. The van der Waals surface area contributed by atoms with Crippen molar-refractivity contribution in [2.45, 2.75) is 0 Å². The van der Waals surface area contributed by atoms with Crippen molar-refractivity contribution in [2.75, 3.05) is 0 Å². The standard InChI is InChI=1S/C20H13FN2/c21-19-8-10-20(11-9-19)23-14-15-4-6-17(7-5-15)18-3-1-2-16(12-18)13-22/h1-12,14H/b23-14-. The summed E-state index contributed by atoms with van der Waals surface area (Å²) in [6, 6.07) is 23.6. The molecule has 0 aliphatic rings. The van der Waals surface area contributed by atoms with E-state index in [2.05, 4.69) is 11.1 Å². The van der Waals surface area contributed by atoms with Gasteiger partial charge in [-0.25, -0.2) is 4.39 Å². The van der Waals surface area contributed by atoms with E-state index in [0.717, 1.165) is 16.7 Å². The molecule has 0 amide bonds. The van der Waals surface area contributed by atoms with E-state index < -0.39 is 0 Å². The van der Waals surface area contributed by atoms with Crippen molar-refractivity contribution in [3.8, 4) is 17.2 Å². The summed E-state index contributed by atoms with van der Waals surface area (Å²) in [6.45, 7) is 0. The van der Waals surface area contributed by atoms with E-state index in [0.29, 0.717) is 11.3 Å². The molecule has 23 heavy (non-hydrogen) atoms. The van der Waals surface area contributed by atoms with Gasteiger partial charge in [0, 0.05) is 6.21 Å². The molecule has 0 heterocycles. The molecular weight excluding hydrogens is 287 g/mol. The highest BCUT2D eigenvalue weighted by Gasteiger charge is 1.99. The fraction of sp³-hybridized carbons (Fsp3) is 0. The second-order valence-corrected chi connectivity index (χ2v) is 5.05. The molecule has 0 unspecified atom stereocenters. The van der Waals surface area contributed by atoms with Crippen molar-refractivity contribution >= 4 is 11.9 Å². The zero-order valence-electron chi connectivity index (χ0n) is 12.3. The monoisotopic (exact) mass is 300 g/mol. The fourth-order valence-corrected chi connectivity index (χ4v) is 2.21. The second-order valence-electron chi connectivity index (χ2n) is 5.05. The van der Waals surface area contributed by atoms with E-state index in [-0.39, 0.29) is 5.82 Å². The maximum atomic E-state index is 12.8. The molecular formula is C20H13FN2. The number of rotatable bonds is 3. The van der Waals surface area contributed by atoms with Gasteiger partial charge in [-0.1, -0.05) is 36.4 Å². The highest BCUT2D eigenvalue weighted by Crippen LogP contribution is 2.21. The molecule has 3 aromatic rings. The van der Waals surface area contributed by atoms with Gasteiger partial charge in [0.05, 0.1) is 17.3 Å². The summed E-state index contributed by atoms with van der Waals surface area (Å²) in [5, 5.41) is 8.96. The first-order chi connectivity index (χ1) is 11.2. The van der Waals surface area contributed by atoms with Crippen molar-refractivity contribution in [2.24, 2.45) is 4.99 Å². The van der Waals surface area contributed by atoms with Gasteiger partial charge in [-0.05, 0) is 53.1 Å². The van der Waals surface area contributed by atoms with Gasteiger partial charge in [0.15, 0.2) is 0 Å². The van der Waals surface area contributed by atoms with Crippen LogP contribution in [0.1, 0.15) is 11.1 Å². The molecule has 3 rings (SSSR count). The van der Waals surface area contributed by atoms with Crippen molar-refractivity contribution in [3.63, 3.8) is 0 Å². The first-order valence-electron chi connectivity index (χ1n) is 7.15. The molecule has 2 nitrogen and oxygen atoms in total. The van der Waals surface area contributed by atoms with Crippen molar-refractivity contribution in [1.29, 1.82) is 5.26 Å². The zero-order valence-corrected chi connectivity index (χ0v) is 12.3. The number of halogens is 1. The predicted octanol–water partition coefficient (Wildman–Crippen LogP) is 5.11. The third-order valence-electron chi connectivity index (χ3n) is 3.43. The summed E-state index contributed by atoms with van der Waals surface area (Å²) < 4.78 is 12.8. The minimum absolute atomic E-state index is 0.270. The van der Waals surface area contributed by atoms with Crippen LogP contribution in [0.25, 0.3) is 11.1 Å². The number of nitriles is 1. The largest absolute Gasteiger partial charge is 0.256 e. The van der Waals surface area contributed by atoms with Gasteiger partial charge in [-0.2, -0.15) is 5.26 Å². The number of hydrogen-bond donors (Lipinski definition) is 0. The van der Waals surface area contributed by atoms with Crippen LogP contribution in [0.2, 0.25) is 0 Å². The quantitative estimate of drug-likeness (QED) is 0.619. The Kier molecular flexibility index (Phi) is 4.26. The molecule has 0 fully saturated rings. The van der Waals surface area contributed by atoms with E-state index in [1.807, 2.05) is 42.5 Å². The topological polar surface area (TPSA) is 36.1 Å². The van der Waals surface area contributed by atoms with Gasteiger partial charge >= 0.3 is 0 Å². The first kappa shape index (κ1) is 14.7. The summed E-state index contributed by atoms with van der Waals surface area (Å²) in [5.41, 5.74) is 4.35. The minimum Gasteiger partial charge on any atom is -0.256 e. The summed E-state index contributed by atoms with van der Waals surface area (Å²) >= 11 is 0. The molecule has 0 N–H and O–H groups in total. The maximum Gasteiger partial charge on any atom is 0.123 e. The lowest BCUT2D eigenvalue weighted by atomic mass is 10.0. The van der Waals surface area contributed by atoms with Gasteiger partial charge in [0.25, 0.3) is 0 Å². The SMILES string of the molecule is N#Cc1cccc(-c2ccc(/C=N\c3ccc(F)cc3)cc2)c1. The number of hydrogen-bond acceptors (Lipinski definition) is 2. The Hall–Kier alpha value is -3.25. The molecule has 0 spiro atoms. The normalized spacial score (nSPS) is 10.6. The molecule has 0 saturated heterocycles. The summed E-state index contributed by atoms with van der Waals surface area (Å²) in [6.07, 6.45) is 1.74. The number of nitrogens with zero attached hydrogens (tertiary/aromatic N) is 2. The summed E-state index contributed by atoms with van der Waals surface area (Å²) in [5.74, 6) is -0.270. The molecule has 0 bridgehead atoms. The highest BCUT2D eigenvalue weighted by atomic mass is 19.1. The Bertz CT molecular complexity index is 873. The van der Waals surface area contributed by atoms with Gasteiger partial charge in [0.2, 0.25) is 0 Å². The molecule has 0 aromatic heterocycles. The van der Waals surface area contributed by atoms with Crippen molar-refractivity contribution in [3.05, 3.63) is 89.7 Å². The van der Waals surface area contributed by atoms with Gasteiger partial charge in [0.1, 0.15) is 5.82 Å². The van der Waals surface area contributed by atoms with Crippen LogP contribution in [0.15, 0.2) is 77.8 Å². The van der Waals surface area contributed by atoms with Crippen LogP contribution in [0.4, 0.5) is 10.1 Å². The summed E-state index contributed by atoms with van der Waals surface area (Å²) in [7, 11) is 0. The Morgan fingerprint density at radius 2 is 1.61 bits per heavy atom. The van der Waals surface area contributed by atoms with Crippen LogP contribution in [0, 0.1) is 17.1 Å². The Labute approximate surface area is 134 Å². The van der Waals surface area contributed by atoms with E-state index in [1.165, 1.54) is 12.1 Å². The molecule has 3 heteroatoms. The van der Waals surface area contributed by atoms with E-state index >= 15 is 0 Å². The number of aliphatic imine (C=N–C) groups is 1. The molecule has 0 saturated carbocycles. The molecule has 3 aromatic carbocycles. The van der Waals surface area contributed by atoms with E-state index in [4.69, 9.17) is 5.26 Å². The average molecular weight is 300 g/mol. The van der Waals surface area contributed by atoms with E-state index in [1.54, 1.807) is 24.4 Å². The smallest absolute Gasteiger partial charge is 0.123 e. The van der Waals surface area contributed by atoms with Crippen molar-refractivity contribution < 1.29 is 4.39 Å². The van der Waals surface area contributed by atoms with Crippen LogP contribution < -0.4 is 0 Å². The average Bonchev–Trinajstić information content (AvgIpc) is 2.62. The molecule has 110 valence electrons. The van der Waals surface area contributed by atoms with Gasteiger partial charge < -0.3 is 0 Å². The van der Waals surface area contributed by atoms with Gasteiger partial charge in [-0.15, -0.1) is 0 Å². The highest BCUT2D eigenvalue weighted by molar-refractivity contribution is 5.83. The van der Waals surface area contributed by atoms with Crippen LogP contribution in [-0.2, 0) is 0 Å². The molecule has 0 aliphatic carbocycles. The van der Waals surface area contributed by atoms with Crippen molar-refractivity contribution in [1.82, 2.24) is 0 Å². The lowest BCUT2D eigenvalue weighted by Crippen LogP contribution is -1.83. The van der Waals surface area contributed by atoms with Crippen LogP contribution in [-0.4, -0.2) is 6.21 Å². The lowest BCUT2D eigenvalue weighted by molar-refractivity contribution is 0.628. The van der Waals surface area contributed by atoms with E-state index in [9.17, 15) is 4.39 Å². The fourth-order valence-electron chi connectivity index (χ4n) is 2.21. The number of benzene rings is 3. The first-order valence-corrected chi connectivity index (χ1v) is 7.15. The third kappa shape index (κ3) is 3.69. The zero-order chi connectivity index (χ0) is 16.1. The Morgan fingerprint density at radius 3 is 2.30 bits per heavy atom. The lowest BCUT2D eigenvalue weighted by Gasteiger charge is -2.02. The minimum atomic E-state index is -0.270. The van der Waals surface area contributed by atoms with Crippen LogP contribution >= 0.6 is 0 Å². The summed E-state index contributed by atoms with van der Waals surface area (Å²) in [4.78, 5) is 4.31. The molecule has 0 radical (unpaired) electrons. The Balaban J connectivity index is 1.79. The second kappa shape index (κ2) is 6.67. The van der Waals surface area contributed by atoms with Crippen LogP contribution in [0.3, 0.4) is 0 Å². The van der Waals surface area contributed by atoms with Gasteiger partial charge in [-0.3, -0.25) is 4.99 Å². The third-order valence-corrected chi connectivity index (χ3v) is 3.43.